The van der Waals surface area contributed by atoms with E-state index in [1.165, 1.54) is 6.07 Å². The maximum Gasteiger partial charge on any atom is 0.231 e. The third-order valence-electron chi connectivity index (χ3n) is 2.32. The minimum atomic E-state index is -1.03. The Bertz CT molecular complexity index is 414. The number of fused-ring (bicyclic) bond motifs is 1. The zero-order valence-corrected chi connectivity index (χ0v) is 9.34. The number of halogens is 2. The Balaban J connectivity index is 2.49. The number of hydrogen-bond acceptors (Lipinski definition) is 4. The second kappa shape index (κ2) is 4.45. The van der Waals surface area contributed by atoms with E-state index in [4.69, 9.17) is 21.1 Å². The maximum absolute atomic E-state index is 13.8. The summed E-state index contributed by atoms with van der Waals surface area (Å²) in [5.41, 5.74) is 0.0364. The lowest BCUT2D eigenvalue weighted by Gasteiger charge is -2.14. The topological polar surface area (TPSA) is 50.7 Å². The highest BCUT2D eigenvalue weighted by atomic mass is 35.5. The molecule has 6 heteroatoms. The molecule has 0 fully saturated rings. The van der Waals surface area contributed by atoms with Gasteiger partial charge in [-0.2, -0.15) is 0 Å². The fraction of sp³-hybridized carbons (Fsp3) is 0.400. The quantitative estimate of drug-likeness (QED) is 0.849. The number of nitrogens with one attached hydrogen (secondary N) is 1. The smallest absolute Gasteiger partial charge is 0.231 e. The summed E-state index contributed by atoms with van der Waals surface area (Å²) in [4.78, 5) is 0. The molecule has 0 radical (unpaired) electrons. The number of hydrogen-bond donors (Lipinski definition) is 2. The Labute approximate surface area is 96.9 Å². The molecule has 2 N–H and O–H groups in total. The van der Waals surface area contributed by atoms with Gasteiger partial charge in [-0.25, -0.2) is 4.39 Å². The Hall–Kier alpha value is -1.04. The lowest BCUT2D eigenvalue weighted by Crippen LogP contribution is -2.18. The van der Waals surface area contributed by atoms with Crippen LogP contribution in [0.4, 0.5) is 4.39 Å². The van der Waals surface area contributed by atoms with Crippen molar-refractivity contribution in [3.05, 3.63) is 22.5 Å². The molecule has 0 aromatic heterocycles. The molecule has 88 valence electrons. The first kappa shape index (κ1) is 11.4. The minimum Gasteiger partial charge on any atom is -0.454 e. The number of aliphatic hydroxyl groups is 1. The van der Waals surface area contributed by atoms with E-state index in [1.54, 1.807) is 7.05 Å². The Kier molecular flexibility index (Phi) is 3.18. The predicted octanol–water partition coefficient (Wildman–Crippen LogP) is 1.46. The van der Waals surface area contributed by atoms with Crippen LogP contribution in [0.3, 0.4) is 0 Å². The minimum absolute atomic E-state index is 0.00832. The zero-order valence-electron chi connectivity index (χ0n) is 8.59. The summed E-state index contributed by atoms with van der Waals surface area (Å²) in [5, 5.41) is 12.5. The van der Waals surface area contributed by atoms with Crippen molar-refractivity contribution >= 4 is 11.6 Å². The van der Waals surface area contributed by atoms with Gasteiger partial charge >= 0.3 is 0 Å². The van der Waals surface area contributed by atoms with E-state index in [0.29, 0.717) is 5.75 Å². The van der Waals surface area contributed by atoms with Gasteiger partial charge in [0.05, 0.1) is 16.7 Å². The van der Waals surface area contributed by atoms with Crippen LogP contribution in [-0.4, -0.2) is 25.5 Å². The number of likely N-dealkylation sites (N-methyl/N-ethyl adjacent to an activating group) is 1. The van der Waals surface area contributed by atoms with E-state index in [2.05, 4.69) is 5.32 Å². The lowest BCUT2D eigenvalue weighted by molar-refractivity contribution is 0.154. The van der Waals surface area contributed by atoms with Crippen molar-refractivity contribution < 1.29 is 19.0 Å². The van der Waals surface area contributed by atoms with Crippen molar-refractivity contribution in [2.75, 3.05) is 20.4 Å². The van der Waals surface area contributed by atoms with Gasteiger partial charge in [-0.3, -0.25) is 0 Å². The first-order valence-electron chi connectivity index (χ1n) is 4.75. The van der Waals surface area contributed by atoms with E-state index >= 15 is 0 Å². The van der Waals surface area contributed by atoms with Gasteiger partial charge < -0.3 is 19.9 Å². The summed E-state index contributed by atoms with van der Waals surface area (Å²) in [5.74, 6) is -0.0881. The molecule has 1 unspecified atom stereocenters. The summed E-state index contributed by atoms with van der Waals surface area (Å²) in [6.45, 7) is 0.210. The molecule has 1 atom stereocenters. The first-order valence-corrected chi connectivity index (χ1v) is 5.13. The van der Waals surface area contributed by atoms with Gasteiger partial charge in [0, 0.05) is 12.6 Å². The van der Waals surface area contributed by atoms with Crippen LogP contribution in [0.2, 0.25) is 5.02 Å². The van der Waals surface area contributed by atoms with Crippen LogP contribution in [0.25, 0.3) is 0 Å². The van der Waals surface area contributed by atoms with Crippen LogP contribution in [0.15, 0.2) is 6.07 Å². The average molecular weight is 248 g/mol. The lowest BCUT2D eigenvalue weighted by atomic mass is 10.1. The van der Waals surface area contributed by atoms with Crippen molar-refractivity contribution in [1.82, 2.24) is 5.32 Å². The van der Waals surface area contributed by atoms with Gasteiger partial charge in [0.1, 0.15) is 0 Å². The van der Waals surface area contributed by atoms with Crippen LogP contribution in [-0.2, 0) is 0 Å². The number of rotatable bonds is 3. The Morgan fingerprint density at radius 2 is 2.38 bits per heavy atom. The molecule has 0 amide bonds. The molecule has 4 nitrogen and oxygen atoms in total. The molecule has 1 aliphatic rings. The monoisotopic (exact) mass is 247 g/mol. The summed E-state index contributed by atoms with van der Waals surface area (Å²) in [6.07, 6.45) is -1.03. The Morgan fingerprint density at radius 3 is 3.06 bits per heavy atom. The van der Waals surface area contributed by atoms with Crippen LogP contribution in [0.5, 0.6) is 11.5 Å². The van der Waals surface area contributed by atoms with Crippen LogP contribution < -0.4 is 14.8 Å². The van der Waals surface area contributed by atoms with Gasteiger partial charge in [0.2, 0.25) is 6.79 Å². The summed E-state index contributed by atoms with van der Waals surface area (Å²) in [7, 11) is 1.66. The van der Waals surface area contributed by atoms with Gasteiger partial charge in [0.25, 0.3) is 0 Å². The molecule has 0 saturated carbocycles. The Morgan fingerprint density at radius 1 is 1.62 bits per heavy atom. The third kappa shape index (κ3) is 1.81. The van der Waals surface area contributed by atoms with Gasteiger partial charge in [-0.05, 0) is 7.05 Å². The SMILES string of the molecule is CNCC(O)c1c(F)c(Cl)cc2c1OCO2. The maximum atomic E-state index is 13.8. The molecule has 0 aliphatic carbocycles. The van der Waals surface area contributed by atoms with E-state index in [-0.39, 0.29) is 29.7 Å². The number of benzene rings is 1. The summed E-state index contributed by atoms with van der Waals surface area (Å²) in [6, 6.07) is 1.34. The average Bonchev–Trinajstić information content (AvgIpc) is 2.67. The fourth-order valence-corrected chi connectivity index (χ4v) is 1.81. The fourth-order valence-electron chi connectivity index (χ4n) is 1.61. The molecule has 1 aliphatic heterocycles. The number of aliphatic hydroxyl groups excluding tert-OH is 1. The highest BCUT2D eigenvalue weighted by molar-refractivity contribution is 6.31. The summed E-state index contributed by atoms with van der Waals surface area (Å²) >= 11 is 5.70. The molecule has 16 heavy (non-hydrogen) atoms. The molecule has 2 rings (SSSR count). The van der Waals surface area contributed by atoms with E-state index in [1.807, 2.05) is 0 Å². The van der Waals surface area contributed by atoms with E-state index < -0.39 is 11.9 Å². The van der Waals surface area contributed by atoms with Crippen LogP contribution in [0, 0.1) is 5.82 Å². The highest BCUT2D eigenvalue weighted by Gasteiger charge is 2.28. The normalized spacial score (nSPS) is 15.2. The van der Waals surface area contributed by atoms with Crippen LogP contribution >= 0.6 is 11.6 Å². The van der Waals surface area contributed by atoms with Crippen LogP contribution in [0.1, 0.15) is 11.7 Å². The molecule has 0 bridgehead atoms. The second-order valence-electron chi connectivity index (χ2n) is 3.39. The van der Waals surface area contributed by atoms with Gasteiger partial charge in [-0.15, -0.1) is 0 Å². The number of ether oxygens (including phenoxy) is 2. The van der Waals surface area contributed by atoms with Gasteiger partial charge in [-0.1, -0.05) is 11.6 Å². The third-order valence-corrected chi connectivity index (χ3v) is 2.60. The molecule has 1 aromatic rings. The molecular weight excluding hydrogens is 237 g/mol. The molecule has 0 spiro atoms. The molecular formula is C10H11ClFNO3. The van der Waals surface area contributed by atoms with Crippen molar-refractivity contribution in [3.8, 4) is 11.5 Å². The predicted molar refractivity (Wildman–Crippen MR) is 56.4 cm³/mol. The van der Waals surface area contributed by atoms with Crippen molar-refractivity contribution in [1.29, 1.82) is 0 Å². The first-order chi connectivity index (χ1) is 7.65. The van der Waals surface area contributed by atoms with E-state index in [9.17, 15) is 9.50 Å². The van der Waals surface area contributed by atoms with E-state index in [0.717, 1.165) is 0 Å². The van der Waals surface area contributed by atoms with Crippen molar-refractivity contribution in [3.63, 3.8) is 0 Å². The molecule has 1 heterocycles. The summed E-state index contributed by atoms with van der Waals surface area (Å²) < 4.78 is 24.0. The molecule has 1 aromatic carbocycles. The largest absolute Gasteiger partial charge is 0.454 e. The molecule has 0 saturated heterocycles. The highest BCUT2D eigenvalue weighted by Crippen LogP contribution is 2.43. The second-order valence-corrected chi connectivity index (χ2v) is 3.80. The zero-order chi connectivity index (χ0) is 11.7. The van der Waals surface area contributed by atoms with Crippen molar-refractivity contribution in [2.24, 2.45) is 0 Å². The standard InChI is InChI=1S/C10H11ClFNO3/c1-13-3-6(14)8-9(12)5(11)2-7-10(8)16-4-15-7/h2,6,13-14H,3-4H2,1H3. The van der Waals surface area contributed by atoms with Crippen molar-refractivity contribution in [2.45, 2.75) is 6.10 Å². The van der Waals surface area contributed by atoms with Gasteiger partial charge in [0.15, 0.2) is 17.3 Å².